The Labute approximate surface area is 165 Å². The molecule has 1 aromatic carbocycles. The molecular formula is C22H22N6. The molecule has 1 aliphatic heterocycles. The summed E-state index contributed by atoms with van der Waals surface area (Å²) in [7, 11) is 0. The number of hydrogen-bond acceptors (Lipinski definition) is 6. The molecule has 0 radical (unpaired) electrons. The average molecular weight is 370 g/mol. The zero-order valence-corrected chi connectivity index (χ0v) is 15.9. The smallest absolute Gasteiger partial charge is 0.161 e. The summed E-state index contributed by atoms with van der Waals surface area (Å²) in [4.78, 5) is 18.2. The zero-order valence-electron chi connectivity index (χ0n) is 15.9. The van der Waals surface area contributed by atoms with Crippen LogP contribution >= 0.6 is 0 Å². The van der Waals surface area contributed by atoms with Gasteiger partial charge in [-0.25, -0.2) is 9.97 Å². The maximum atomic E-state index is 9.37. The highest BCUT2D eigenvalue weighted by molar-refractivity contribution is 5.61. The fourth-order valence-corrected chi connectivity index (χ4v) is 3.48. The van der Waals surface area contributed by atoms with E-state index in [4.69, 9.17) is 9.97 Å². The Morgan fingerprint density at radius 2 is 1.68 bits per heavy atom. The highest BCUT2D eigenvalue weighted by Crippen LogP contribution is 2.24. The van der Waals surface area contributed by atoms with E-state index in [1.54, 1.807) is 12.4 Å². The second-order valence-corrected chi connectivity index (χ2v) is 6.73. The number of rotatable bonds is 4. The number of hydrogen-bond donors (Lipinski definition) is 0. The second-order valence-electron chi connectivity index (χ2n) is 6.73. The molecule has 0 aliphatic carbocycles. The first-order chi connectivity index (χ1) is 13.8. The van der Waals surface area contributed by atoms with E-state index in [0.29, 0.717) is 0 Å². The van der Waals surface area contributed by atoms with Crippen LogP contribution in [0.1, 0.15) is 18.2 Å². The molecule has 0 saturated carbocycles. The van der Waals surface area contributed by atoms with Gasteiger partial charge in [-0.15, -0.1) is 0 Å². The molecule has 0 N–H and O–H groups in total. The molecule has 1 saturated heterocycles. The lowest BCUT2D eigenvalue weighted by Gasteiger charge is -2.37. The van der Waals surface area contributed by atoms with Crippen LogP contribution < -0.4 is 9.80 Å². The largest absolute Gasteiger partial charge is 0.367 e. The van der Waals surface area contributed by atoms with Crippen molar-refractivity contribution >= 4 is 11.5 Å². The SMILES string of the molecule is CCc1cc(N2CCN(c3ccccc3C#N)CC2)nc(-c2ccncc2)n1. The summed E-state index contributed by atoms with van der Waals surface area (Å²) in [5.74, 6) is 1.71. The van der Waals surface area contributed by atoms with Crippen molar-refractivity contribution in [1.29, 1.82) is 5.26 Å². The van der Waals surface area contributed by atoms with E-state index in [1.165, 1.54) is 0 Å². The van der Waals surface area contributed by atoms with Crippen molar-refractivity contribution < 1.29 is 0 Å². The van der Waals surface area contributed by atoms with Gasteiger partial charge in [-0.1, -0.05) is 19.1 Å². The molecule has 0 unspecified atom stereocenters. The number of para-hydroxylation sites is 1. The van der Waals surface area contributed by atoms with Crippen LogP contribution in [0.15, 0.2) is 54.9 Å². The van der Waals surface area contributed by atoms with Crippen LogP contribution in [0.2, 0.25) is 0 Å². The zero-order chi connectivity index (χ0) is 19.3. The topological polar surface area (TPSA) is 68.9 Å². The average Bonchev–Trinajstić information content (AvgIpc) is 2.79. The van der Waals surface area contributed by atoms with E-state index in [2.05, 4.69) is 33.8 Å². The van der Waals surface area contributed by atoms with Crippen LogP contribution in [0.25, 0.3) is 11.4 Å². The minimum absolute atomic E-state index is 0.728. The molecule has 3 aromatic rings. The molecule has 1 aliphatic rings. The molecule has 3 heterocycles. The first-order valence-electron chi connectivity index (χ1n) is 9.56. The Balaban J connectivity index is 1.55. The van der Waals surface area contributed by atoms with E-state index in [1.807, 2.05) is 36.4 Å². The summed E-state index contributed by atoms with van der Waals surface area (Å²) in [6.45, 7) is 5.54. The van der Waals surface area contributed by atoms with E-state index < -0.39 is 0 Å². The van der Waals surface area contributed by atoms with Crippen LogP contribution in [0.5, 0.6) is 0 Å². The van der Waals surface area contributed by atoms with E-state index in [9.17, 15) is 5.26 Å². The molecule has 1 fully saturated rings. The summed E-state index contributed by atoms with van der Waals surface area (Å²) in [5.41, 5.74) is 3.76. The van der Waals surface area contributed by atoms with Gasteiger partial charge in [0.05, 0.1) is 11.3 Å². The summed E-state index contributed by atoms with van der Waals surface area (Å²) >= 11 is 0. The van der Waals surface area contributed by atoms with E-state index in [-0.39, 0.29) is 0 Å². The summed E-state index contributed by atoms with van der Waals surface area (Å²) in [6.07, 6.45) is 4.40. The van der Waals surface area contributed by atoms with E-state index in [0.717, 1.165) is 66.8 Å². The molecule has 140 valence electrons. The predicted molar refractivity (Wildman–Crippen MR) is 110 cm³/mol. The maximum Gasteiger partial charge on any atom is 0.161 e. The Hall–Kier alpha value is -3.46. The maximum absolute atomic E-state index is 9.37. The van der Waals surface area contributed by atoms with Gasteiger partial charge in [0, 0.05) is 55.9 Å². The first-order valence-corrected chi connectivity index (χ1v) is 9.56. The van der Waals surface area contributed by atoms with Crippen molar-refractivity contribution in [2.75, 3.05) is 36.0 Å². The third-order valence-electron chi connectivity index (χ3n) is 5.04. The number of nitriles is 1. The molecule has 28 heavy (non-hydrogen) atoms. The number of anilines is 2. The second kappa shape index (κ2) is 8.05. The molecule has 6 nitrogen and oxygen atoms in total. The summed E-state index contributed by atoms with van der Waals surface area (Å²) < 4.78 is 0. The molecule has 0 amide bonds. The minimum atomic E-state index is 0.728. The third-order valence-corrected chi connectivity index (χ3v) is 5.04. The van der Waals surface area contributed by atoms with Crippen molar-refractivity contribution in [2.24, 2.45) is 0 Å². The van der Waals surface area contributed by atoms with Crippen LogP contribution in [0.3, 0.4) is 0 Å². The Kier molecular flexibility index (Phi) is 5.16. The van der Waals surface area contributed by atoms with Crippen LogP contribution in [-0.2, 0) is 6.42 Å². The number of nitrogens with zero attached hydrogens (tertiary/aromatic N) is 6. The summed E-state index contributed by atoms with van der Waals surface area (Å²) in [5, 5.41) is 9.37. The molecule has 0 atom stereocenters. The fraction of sp³-hybridized carbons (Fsp3) is 0.273. The highest BCUT2D eigenvalue weighted by atomic mass is 15.3. The Morgan fingerprint density at radius 1 is 0.964 bits per heavy atom. The van der Waals surface area contributed by atoms with Crippen LogP contribution in [0, 0.1) is 11.3 Å². The fourth-order valence-electron chi connectivity index (χ4n) is 3.48. The predicted octanol–water partition coefficient (Wildman–Crippen LogP) is 3.30. The lowest BCUT2D eigenvalue weighted by molar-refractivity contribution is 0.646. The van der Waals surface area contributed by atoms with Gasteiger partial charge in [0.1, 0.15) is 11.9 Å². The Morgan fingerprint density at radius 3 is 2.39 bits per heavy atom. The van der Waals surface area contributed by atoms with Gasteiger partial charge < -0.3 is 9.80 Å². The molecular weight excluding hydrogens is 348 g/mol. The van der Waals surface area contributed by atoms with Crippen molar-refractivity contribution in [2.45, 2.75) is 13.3 Å². The number of piperazine rings is 1. The molecule has 4 rings (SSSR count). The van der Waals surface area contributed by atoms with Gasteiger partial charge in [-0.2, -0.15) is 5.26 Å². The molecule has 0 bridgehead atoms. The van der Waals surface area contributed by atoms with Crippen molar-refractivity contribution in [3.8, 4) is 17.5 Å². The van der Waals surface area contributed by atoms with Gasteiger partial charge in [-0.05, 0) is 30.7 Å². The van der Waals surface area contributed by atoms with E-state index >= 15 is 0 Å². The lowest BCUT2D eigenvalue weighted by Crippen LogP contribution is -2.47. The normalized spacial score (nSPS) is 14.0. The summed E-state index contributed by atoms with van der Waals surface area (Å²) in [6, 6.07) is 16.1. The quantitative estimate of drug-likeness (QED) is 0.702. The van der Waals surface area contributed by atoms with Gasteiger partial charge in [0.15, 0.2) is 5.82 Å². The van der Waals surface area contributed by atoms with Gasteiger partial charge >= 0.3 is 0 Å². The molecule has 6 heteroatoms. The van der Waals surface area contributed by atoms with Gasteiger partial charge in [-0.3, -0.25) is 4.98 Å². The van der Waals surface area contributed by atoms with Crippen molar-refractivity contribution in [1.82, 2.24) is 15.0 Å². The number of pyridine rings is 1. The van der Waals surface area contributed by atoms with Crippen LogP contribution in [0.4, 0.5) is 11.5 Å². The third kappa shape index (κ3) is 3.65. The van der Waals surface area contributed by atoms with Crippen molar-refractivity contribution in [3.05, 3.63) is 66.1 Å². The first kappa shape index (κ1) is 17.9. The highest BCUT2D eigenvalue weighted by Gasteiger charge is 2.21. The standard InChI is InChI=1S/C22H22N6/c1-2-19-15-21(26-22(25-19)17-7-9-24-10-8-17)28-13-11-27(12-14-28)20-6-4-3-5-18(20)16-23/h3-10,15H,2,11-14H2,1H3. The number of aromatic nitrogens is 3. The minimum Gasteiger partial charge on any atom is -0.367 e. The van der Waals surface area contributed by atoms with Crippen LogP contribution in [-0.4, -0.2) is 41.1 Å². The van der Waals surface area contributed by atoms with Gasteiger partial charge in [0.25, 0.3) is 0 Å². The number of aryl methyl sites for hydroxylation is 1. The molecule has 0 spiro atoms. The van der Waals surface area contributed by atoms with Crippen molar-refractivity contribution in [3.63, 3.8) is 0 Å². The number of benzene rings is 1. The molecule has 2 aromatic heterocycles. The van der Waals surface area contributed by atoms with Gasteiger partial charge in [0.2, 0.25) is 0 Å². The monoisotopic (exact) mass is 370 g/mol. The Bertz CT molecular complexity index is 987. The lowest BCUT2D eigenvalue weighted by atomic mass is 10.1.